The molecule has 0 atom stereocenters. The minimum absolute atomic E-state index is 0.00260. The molecular formula is C14H11Cl2N3O5S. The number of benzene rings is 2. The Kier molecular flexibility index (Phi) is 5.51. The van der Waals surface area contributed by atoms with Crippen LogP contribution in [0.2, 0.25) is 10.0 Å². The standard InChI is InChI=1S/C14H11Cl2N3O5S/c15-9-4-10(16)6-12(5-9)18(8-14(17)20)25(23,24)13-3-1-2-11(7-13)19(21)22/h1-7H,8H2,(H2,17,20). The number of non-ortho nitro benzene ring substituents is 1. The Labute approximate surface area is 152 Å². The molecule has 0 saturated carbocycles. The predicted molar refractivity (Wildman–Crippen MR) is 93.3 cm³/mol. The van der Waals surface area contributed by atoms with Crippen LogP contribution in [0.5, 0.6) is 0 Å². The maximum Gasteiger partial charge on any atom is 0.270 e. The van der Waals surface area contributed by atoms with Crippen molar-refractivity contribution in [2.24, 2.45) is 5.73 Å². The van der Waals surface area contributed by atoms with Gasteiger partial charge in [0.25, 0.3) is 15.7 Å². The lowest BCUT2D eigenvalue weighted by atomic mass is 10.3. The fourth-order valence-corrected chi connectivity index (χ4v) is 3.99. The number of hydrogen-bond acceptors (Lipinski definition) is 5. The van der Waals surface area contributed by atoms with Crippen LogP contribution in [-0.2, 0) is 14.8 Å². The first-order valence-corrected chi connectivity index (χ1v) is 8.82. The van der Waals surface area contributed by atoms with Crippen molar-refractivity contribution in [1.29, 1.82) is 0 Å². The normalized spacial score (nSPS) is 11.1. The molecule has 0 heterocycles. The second kappa shape index (κ2) is 7.26. The number of nitro benzene ring substituents is 1. The van der Waals surface area contributed by atoms with Crippen LogP contribution in [0.25, 0.3) is 0 Å². The number of carbonyl (C=O) groups is 1. The average molecular weight is 404 g/mol. The number of nitrogens with zero attached hydrogens (tertiary/aromatic N) is 2. The van der Waals surface area contributed by atoms with Gasteiger partial charge >= 0.3 is 0 Å². The maximum absolute atomic E-state index is 12.9. The average Bonchev–Trinajstić information content (AvgIpc) is 2.51. The third-order valence-corrected chi connectivity index (χ3v) is 5.26. The molecule has 0 saturated heterocycles. The van der Waals surface area contributed by atoms with Crippen LogP contribution in [-0.4, -0.2) is 25.8 Å². The van der Waals surface area contributed by atoms with Crippen LogP contribution in [0.4, 0.5) is 11.4 Å². The van der Waals surface area contributed by atoms with Crippen molar-refractivity contribution in [2.75, 3.05) is 10.8 Å². The van der Waals surface area contributed by atoms with Crippen LogP contribution in [0.15, 0.2) is 47.4 Å². The Bertz CT molecular complexity index is 929. The van der Waals surface area contributed by atoms with Gasteiger partial charge in [0.1, 0.15) is 6.54 Å². The lowest BCUT2D eigenvalue weighted by molar-refractivity contribution is -0.385. The molecule has 0 aliphatic rings. The highest BCUT2D eigenvalue weighted by Crippen LogP contribution is 2.30. The molecule has 2 rings (SSSR count). The van der Waals surface area contributed by atoms with E-state index in [4.69, 9.17) is 28.9 Å². The van der Waals surface area contributed by atoms with Gasteiger partial charge in [0.2, 0.25) is 5.91 Å². The zero-order valence-corrected chi connectivity index (χ0v) is 14.8. The van der Waals surface area contributed by atoms with Crippen molar-refractivity contribution in [3.8, 4) is 0 Å². The summed E-state index contributed by atoms with van der Waals surface area (Å²) in [5, 5.41) is 11.2. The molecule has 11 heteroatoms. The van der Waals surface area contributed by atoms with Gasteiger partial charge in [0.05, 0.1) is 15.5 Å². The van der Waals surface area contributed by atoms with Crippen molar-refractivity contribution in [3.63, 3.8) is 0 Å². The summed E-state index contributed by atoms with van der Waals surface area (Å²) in [6.07, 6.45) is 0. The van der Waals surface area contributed by atoms with Gasteiger partial charge in [-0.3, -0.25) is 19.2 Å². The second-order valence-corrected chi connectivity index (χ2v) is 7.60. The van der Waals surface area contributed by atoms with Crippen molar-refractivity contribution < 1.29 is 18.1 Å². The quantitative estimate of drug-likeness (QED) is 0.586. The van der Waals surface area contributed by atoms with Crippen LogP contribution < -0.4 is 10.0 Å². The van der Waals surface area contributed by atoms with Crippen LogP contribution in [0, 0.1) is 10.1 Å². The number of hydrogen-bond donors (Lipinski definition) is 1. The molecule has 0 radical (unpaired) electrons. The number of nitro groups is 1. The number of halogens is 2. The molecule has 0 spiro atoms. The molecule has 1 amide bonds. The van der Waals surface area contributed by atoms with E-state index in [0.717, 1.165) is 12.1 Å². The van der Waals surface area contributed by atoms with Gasteiger partial charge in [-0.25, -0.2) is 8.42 Å². The summed E-state index contributed by atoms with van der Waals surface area (Å²) in [4.78, 5) is 21.1. The third kappa shape index (κ3) is 4.38. The Morgan fingerprint density at radius 1 is 1.16 bits per heavy atom. The number of sulfonamides is 1. The monoisotopic (exact) mass is 403 g/mol. The lowest BCUT2D eigenvalue weighted by Crippen LogP contribution is -2.38. The molecule has 0 aromatic heterocycles. The molecule has 25 heavy (non-hydrogen) atoms. The molecule has 2 aromatic rings. The SMILES string of the molecule is NC(=O)CN(c1cc(Cl)cc(Cl)c1)S(=O)(=O)c1cccc([N+](=O)[O-])c1. The number of carbonyl (C=O) groups excluding carboxylic acids is 1. The topological polar surface area (TPSA) is 124 Å². The minimum Gasteiger partial charge on any atom is -0.368 e. The van der Waals surface area contributed by atoms with Crippen LogP contribution in [0.3, 0.4) is 0 Å². The number of anilines is 1. The largest absolute Gasteiger partial charge is 0.368 e. The third-order valence-electron chi connectivity index (χ3n) is 3.05. The first kappa shape index (κ1) is 19.0. The highest BCUT2D eigenvalue weighted by molar-refractivity contribution is 7.92. The smallest absolute Gasteiger partial charge is 0.270 e. The van der Waals surface area contributed by atoms with Gasteiger partial charge in [-0.2, -0.15) is 0 Å². The fraction of sp³-hybridized carbons (Fsp3) is 0.0714. The number of primary amides is 1. The Morgan fingerprint density at radius 2 is 1.76 bits per heavy atom. The first-order valence-electron chi connectivity index (χ1n) is 6.63. The number of nitrogens with two attached hydrogens (primary N) is 1. The molecular weight excluding hydrogens is 393 g/mol. The first-order chi connectivity index (χ1) is 11.6. The van der Waals surface area contributed by atoms with Crippen molar-refractivity contribution in [1.82, 2.24) is 0 Å². The molecule has 2 N–H and O–H groups in total. The molecule has 0 aliphatic carbocycles. The van der Waals surface area contributed by atoms with Crippen molar-refractivity contribution in [2.45, 2.75) is 4.90 Å². The highest BCUT2D eigenvalue weighted by Gasteiger charge is 2.28. The molecule has 0 bridgehead atoms. The molecule has 0 fully saturated rings. The predicted octanol–water partition coefficient (Wildman–Crippen LogP) is 2.58. The van der Waals surface area contributed by atoms with Crippen LogP contribution >= 0.6 is 23.2 Å². The molecule has 0 aliphatic heterocycles. The van der Waals surface area contributed by atoms with E-state index >= 15 is 0 Å². The van der Waals surface area contributed by atoms with E-state index in [9.17, 15) is 23.3 Å². The molecule has 132 valence electrons. The Hall–Kier alpha value is -2.36. The number of amides is 1. The zero-order valence-electron chi connectivity index (χ0n) is 12.4. The maximum atomic E-state index is 12.9. The molecule has 8 nitrogen and oxygen atoms in total. The fourth-order valence-electron chi connectivity index (χ4n) is 2.02. The summed E-state index contributed by atoms with van der Waals surface area (Å²) in [6.45, 7) is -0.693. The van der Waals surface area contributed by atoms with Gasteiger partial charge < -0.3 is 5.73 Å². The summed E-state index contributed by atoms with van der Waals surface area (Å²) in [5.74, 6) is -0.926. The van der Waals surface area contributed by atoms with Gasteiger partial charge in [0.15, 0.2) is 0 Å². The van der Waals surface area contributed by atoms with Crippen molar-refractivity contribution >= 4 is 50.5 Å². The van der Waals surface area contributed by atoms with E-state index in [1.807, 2.05) is 0 Å². The summed E-state index contributed by atoms with van der Waals surface area (Å²) in [6, 6.07) is 8.37. The second-order valence-electron chi connectivity index (χ2n) is 4.86. The van der Waals surface area contributed by atoms with Crippen molar-refractivity contribution in [3.05, 3.63) is 62.6 Å². The summed E-state index contributed by atoms with van der Waals surface area (Å²) in [7, 11) is -4.33. The Morgan fingerprint density at radius 3 is 2.28 bits per heavy atom. The van der Waals surface area contributed by atoms with E-state index in [-0.39, 0.29) is 20.6 Å². The van der Waals surface area contributed by atoms with E-state index in [2.05, 4.69) is 0 Å². The zero-order chi connectivity index (χ0) is 18.8. The van der Waals surface area contributed by atoms with Gasteiger partial charge in [-0.1, -0.05) is 29.3 Å². The summed E-state index contributed by atoms with van der Waals surface area (Å²) in [5.41, 5.74) is 4.73. The van der Waals surface area contributed by atoms with Gasteiger partial charge in [-0.15, -0.1) is 0 Å². The van der Waals surface area contributed by atoms with E-state index in [1.165, 1.54) is 30.3 Å². The van der Waals surface area contributed by atoms with E-state index in [1.54, 1.807) is 0 Å². The highest BCUT2D eigenvalue weighted by atomic mass is 35.5. The number of rotatable bonds is 6. The summed E-state index contributed by atoms with van der Waals surface area (Å²) < 4.78 is 26.4. The Balaban J connectivity index is 2.62. The van der Waals surface area contributed by atoms with Gasteiger partial charge in [-0.05, 0) is 24.3 Å². The van der Waals surface area contributed by atoms with Crippen LogP contribution in [0.1, 0.15) is 0 Å². The molecule has 2 aromatic carbocycles. The minimum atomic E-state index is -4.33. The van der Waals surface area contributed by atoms with E-state index < -0.39 is 33.1 Å². The lowest BCUT2D eigenvalue weighted by Gasteiger charge is -2.23. The molecule has 0 unspecified atom stereocenters. The van der Waals surface area contributed by atoms with Gasteiger partial charge in [0, 0.05) is 22.2 Å². The van der Waals surface area contributed by atoms with E-state index in [0.29, 0.717) is 4.31 Å². The summed E-state index contributed by atoms with van der Waals surface area (Å²) >= 11 is 11.8.